The third-order valence-electron chi connectivity index (χ3n) is 4.47. The lowest BCUT2D eigenvalue weighted by molar-refractivity contribution is -0.155. The summed E-state index contributed by atoms with van der Waals surface area (Å²) in [5, 5.41) is 17.1. The zero-order chi connectivity index (χ0) is 31.3. The van der Waals surface area contributed by atoms with Crippen LogP contribution in [0, 0.1) is 5.41 Å². The molecule has 0 aromatic carbocycles. The number of esters is 4. The number of hydrogen-bond acceptors (Lipinski definition) is 16. The molecule has 236 valence electrons. The van der Waals surface area contributed by atoms with Crippen LogP contribution in [-0.2, 0) is 57.1 Å². The quantitative estimate of drug-likeness (QED) is 0.147. The van der Waals surface area contributed by atoms with Crippen molar-refractivity contribution in [3.63, 3.8) is 0 Å². The van der Waals surface area contributed by atoms with Crippen LogP contribution in [0.2, 0.25) is 0 Å². The minimum Gasteiger partial charge on any atom is -0.463 e. The summed E-state index contributed by atoms with van der Waals surface area (Å²) in [6.07, 6.45) is -4.66. The predicted molar refractivity (Wildman–Crippen MR) is 134 cm³/mol. The molecule has 0 fully saturated rings. The molecule has 0 aliphatic rings. The van der Waals surface area contributed by atoms with E-state index in [1.807, 2.05) is 0 Å². The van der Waals surface area contributed by atoms with Gasteiger partial charge < -0.3 is 48.1 Å². The maximum atomic E-state index is 11.9. The van der Waals surface area contributed by atoms with Gasteiger partial charge >= 0.3 is 36.2 Å². The number of carbonyl (C=O) groups is 6. The number of ether oxygens (including phenoxy) is 8. The Kier molecular flexibility index (Phi) is 19.2. The summed E-state index contributed by atoms with van der Waals surface area (Å²) < 4.78 is 39.0. The molecule has 0 amide bonds. The minimum atomic E-state index is -1.05. The average Bonchev–Trinajstić information content (AvgIpc) is 2.92. The van der Waals surface area contributed by atoms with E-state index >= 15 is 0 Å². The molecule has 0 saturated heterocycles. The van der Waals surface area contributed by atoms with E-state index in [-0.39, 0.29) is 78.5 Å². The summed E-state index contributed by atoms with van der Waals surface area (Å²) in [6.45, 7) is 4.23. The maximum Gasteiger partial charge on any atom is 0.508 e. The topological polar surface area (TPSA) is 217 Å². The molecule has 0 aromatic heterocycles. The Morgan fingerprint density at radius 1 is 0.561 bits per heavy atom. The lowest BCUT2D eigenvalue weighted by Gasteiger charge is -2.23. The summed E-state index contributed by atoms with van der Waals surface area (Å²) in [7, 11) is 0. The van der Waals surface area contributed by atoms with Crippen LogP contribution < -0.4 is 0 Å². The van der Waals surface area contributed by atoms with Gasteiger partial charge in [-0.25, -0.2) is 9.59 Å². The van der Waals surface area contributed by atoms with Gasteiger partial charge in [0.05, 0.1) is 38.9 Å². The fraction of sp³-hybridized carbons (Fsp3) is 0.760. The number of hydrogen-bond donors (Lipinski definition) is 2. The highest BCUT2D eigenvalue weighted by atomic mass is 16.7. The van der Waals surface area contributed by atoms with Crippen LogP contribution in [0.5, 0.6) is 0 Å². The minimum absolute atomic E-state index is 0.164. The highest BCUT2D eigenvalue weighted by molar-refractivity contribution is 5.78. The second-order valence-electron chi connectivity index (χ2n) is 9.35. The van der Waals surface area contributed by atoms with Gasteiger partial charge in [0.1, 0.15) is 51.8 Å². The largest absolute Gasteiger partial charge is 0.508 e. The summed E-state index contributed by atoms with van der Waals surface area (Å²) in [5.41, 5.74) is -0.830. The molecule has 2 unspecified atom stereocenters. The van der Waals surface area contributed by atoms with Crippen LogP contribution in [-0.4, -0.2) is 111 Å². The first-order valence-electron chi connectivity index (χ1n) is 12.8. The van der Waals surface area contributed by atoms with Crippen LogP contribution in [0.3, 0.4) is 0 Å². The van der Waals surface area contributed by atoms with Crippen molar-refractivity contribution in [2.24, 2.45) is 5.41 Å². The molecule has 2 atom stereocenters. The summed E-state index contributed by atoms with van der Waals surface area (Å²) in [5.74, 6) is -2.73. The molecule has 0 saturated carbocycles. The molecule has 16 heteroatoms. The molecule has 0 aromatic rings. The molecule has 0 rings (SSSR count). The lowest BCUT2D eigenvalue weighted by atomic mass is 9.96. The van der Waals surface area contributed by atoms with Crippen molar-refractivity contribution in [1.82, 2.24) is 0 Å². The highest BCUT2D eigenvalue weighted by Gasteiger charge is 2.25. The number of rotatable bonds is 20. The summed E-state index contributed by atoms with van der Waals surface area (Å²) >= 11 is 0. The number of carbonyl (C=O) groups excluding carboxylic acids is 6. The van der Waals surface area contributed by atoms with Crippen molar-refractivity contribution in [2.75, 3.05) is 52.9 Å². The smallest absolute Gasteiger partial charge is 0.463 e. The first-order valence-corrected chi connectivity index (χ1v) is 12.8. The van der Waals surface area contributed by atoms with E-state index < -0.39 is 53.8 Å². The molecule has 0 aliphatic carbocycles. The van der Waals surface area contributed by atoms with Crippen molar-refractivity contribution >= 4 is 36.2 Å². The molecule has 2 N–H and O–H groups in total. The second kappa shape index (κ2) is 21.1. The Morgan fingerprint density at radius 3 is 1.24 bits per heavy atom. The predicted octanol–water partition coefficient (Wildman–Crippen LogP) is 0.814. The number of aliphatic hydroxyl groups is 2. The Hall–Kier alpha value is -3.66. The van der Waals surface area contributed by atoms with Crippen molar-refractivity contribution in [1.29, 1.82) is 0 Å². The number of aliphatic hydroxyl groups excluding tert-OH is 2. The van der Waals surface area contributed by atoms with Gasteiger partial charge in [-0.3, -0.25) is 19.2 Å². The maximum absolute atomic E-state index is 11.9. The van der Waals surface area contributed by atoms with Crippen molar-refractivity contribution < 1.29 is 76.9 Å². The van der Waals surface area contributed by atoms with E-state index in [1.165, 1.54) is 13.8 Å². The van der Waals surface area contributed by atoms with Gasteiger partial charge in [0.25, 0.3) is 0 Å². The van der Waals surface area contributed by atoms with E-state index in [9.17, 15) is 28.8 Å². The van der Waals surface area contributed by atoms with Crippen LogP contribution >= 0.6 is 0 Å². The van der Waals surface area contributed by atoms with Gasteiger partial charge in [0.15, 0.2) is 0 Å². The molecule has 0 bridgehead atoms. The standard InChI is InChI=1S/C25H40O16/c1-17(40-21(30)7-5-19(28)34-11-9-26)13-36-23(32)38-15-25(3,4)16-39-24(33)37-14-18(2)41-22(31)8-6-20(29)35-12-10-27/h17-18,26-27H,5-16H2,1-4H3. The zero-order valence-electron chi connectivity index (χ0n) is 23.7. The third-order valence-corrected chi connectivity index (χ3v) is 4.47. The third kappa shape index (κ3) is 21.8. The fourth-order valence-corrected chi connectivity index (χ4v) is 2.51. The van der Waals surface area contributed by atoms with Crippen molar-refractivity contribution in [3.05, 3.63) is 0 Å². The molecule has 0 heterocycles. The Bertz CT molecular complexity index is 773. The zero-order valence-corrected chi connectivity index (χ0v) is 23.7. The van der Waals surface area contributed by atoms with Crippen LogP contribution in [0.1, 0.15) is 53.4 Å². The molecule has 0 spiro atoms. The van der Waals surface area contributed by atoms with Gasteiger partial charge in [0.2, 0.25) is 0 Å². The molecular formula is C25H40O16. The molecular weight excluding hydrogens is 556 g/mol. The van der Waals surface area contributed by atoms with Gasteiger partial charge in [-0.2, -0.15) is 0 Å². The normalized spacial score (nSPS) is 12.2. The summed E-state index contributed by atoms with van der Waals surface area (Å²) in [4.78, 5) is 69.8. The Morgan fingerprint density at radius 2 is 0.902 bits per heavy atom. The average molecular weight is 597 g/mol. The molecule has 0 aliphatic heterocycles. The SMILES string of the molecule is CC(COC(=O)OCC(C)(C)COC(=O)OCC(C)OC(=O)CCC(=O)OCCO)OC(=O)CCC(=O)OCCO. The molecule has 16 nitrogen and oxygen atoms in total. The van der Waals surface area contributed by atoms with Crippen LogP contribution in [0.25, 0.3) is 0 Å². The second-order valence-corrected chi connectivity index (χ2v) is 9.35. The monoisotopic (exact) mass is 596 g/mol. The lowest BCUT2D eigenvalue weighted by Crippen LogP contribution is -2.30. The van der Waals surface area contributed by atoms with Crippen LogP contribution in [0.4, 0.5) is 9.59 Å². The van der Waals surface area contributed by atoms with E-state index in [0.717, 1.165) is 0 Å². The van der Waals surface area contributed by atoms with Crippen LogP contribution in [0.15, 0.2) is 0 Å². The van der Waals surface area contributed by atoms with E-state index in [1.54, 1.807) is 13.8 Å². The van der Waals surface area contributed by atoms with Gasteiger partial charge in [0, 0.05) is 5.41 Å². The summed E-state index contributed by atoms with van der Waals surface area (Å²) in [6, 6.07) is 0. The Labute approximate surface area is 237 Å². The van der Waals surface area contributed by atoms with E-state index in [2.05, 4.69) is 9.47 Å². The molecule has 41 heavy (non-hydrogen) atoms. The fourth-order valence-electron chi connectivity index (χ4n) is 2.51. The van der Waals surface area contributed by atoms with E-state index in [4.69, 9.17) is 38.6 Å². The Balaban J connectivity index is 4.12. The highest BCUT2D eigenvalue weighted by Crippen LogP contribution is 2.17. The first kappa shape index (κ1) is 37.3. The van der Waals surface area contributed by atoms with Gasteiger partial charge in [-0.1, -0.05) is 13.8 Å². The van der Waals surface area contributed by atoms with Gasteiger partial charge in [-0.05, 0) is 13.8 Å². The van der Waals surface area contributed by atoms with E-state index in [0.29, 0.717) is 0 Å². The first-order chi connectivity index (χ1) is 19.3. The van der Waals surface area contributed by atoms with Gasteiger partial charge in [-0.15, -0.1) is 0 Å². The molecule has 0 radical (unpaired) electrons. The van der Waals surface area contributed by atoms with Crippen molar-refractivity contribution in [3.8, 4) is 0 Å². The van der Waals surface area contributed by atoms with Crippen molar-refractivity contribution in [2.45, 2.75) is 65.6 Å².